The maximum absolute atomic E-state index is 14.3. The van der Waals surface area contributed by atoms with Crippen LogP contribution >= 0.6 is 11.6 Å². The molecule has 1 aromatic rings. The van der Waals surface area contributed by atoms with Gasteiger partial charge in [-0.2, -0.15) is 0 Å². The summed E-state index contributed by atoms with van der Waals surface area (Å²) in [5.74, 6) is -0.0215. The van der Waals surface area contributed by atoms with Crippen LogP contribution in [0, 0.1) is 17.7 Å². The molecular formula is C14H18ClFN2O2S. The average Bonchev–Trinajstić information content (AvgIpc) is 3.29. The van der Waals surface area contributed by atoms with E-state index in [4.69, 9.17) is 17.3 Å². The summed E-state index contributed by atoms with van der Waals surface area (Å²) >= 11 is 5.88. The molecular weight excluding hydrogens is 315 g/mol. The summed E-state index contributed by atoms with van der Waals surface area (Å²) in [6.07, 6.45) is 4.15. The highest BCUT2D eigenvalue weighted by Crippen LogP contribution is 2.45. The Kier molecular flexibility index (Phi) is 3.98. The number of nitrogens with two attached hydrogens (primary N) is 1. The molecule has 1 aromatic carbocycles. The second-order valence-electron chi connectivity index (χ2n) is 5.90. The van der Waals surface area contributed by atoms with E-state index in [1.54, 1.807) is 0 Å². The van der Waals surface area contributed by atoms with Crippen molar-refractivity contribution in [2.75, 3.05) is 0 Å². The normalized spacial score (nSPS) is 19.2. The Morgan fingerprint density at radius 3 is 2.33 bits per heavy atom. The quantitative estimate of drug-likeness (QED) is 0.840. The van der Waals surface area contributed by atoms with Gasteiger partial charge in [0.25, 0.3) is 0 Å². The molecule has 0 bridgehead atoms. The van der Waals surface area contributed by atoms with Crippen LogP contribution in [0.3, 0.4) is 0 Å². The fourth-order valence-corrected chi connectivity index (χ4v) is 4.52. The van der Waals surface area contributed by atoms with Crippen LogP contribution in [0.2, 0.25) is 5.02 Å². The molecule has 2 saturated carbocycles. The van der Waals surface area contributed by atoms with Crippen molar-refractivity contribution in [1.82, 2.24) is 4.72 Å². The van der Waals surface area contributed by atoms with Gasteiger partial charge in [0.15, 0.2) is 0 Å². The van der Waals surface area contributed by atoms with E-state index in [1.807, 2.05) is 0 Å². The first kappa shape index (κ1) is 15.2. The SMILES string of the molecule is NCc1cc(Cl)cc(S(=O)(=O)NC(C2CC2)C2CC2)c1F. The van der Waals surface area contributed by atoms with Crippen LogP contribution < -0.4 is 10.5 Å². The number of hydrogen-bond donors (Lipinski definition) is 2. The van der Waals surface area contributed by atoms with Crippen molar-refractivity contribution in [1.29, 1.82) is 0 Å². The largest absolute Gasteiger partial charge is 0.326 e. The van der Waals surface area contributed by atoms with E-state index in [-0.39, 0.29) is 23.2 Å². The number of halogens is 2. The number of sulfonamides is 1. The van der Waals surface area contributed by atoms with Crippen LogP contribution in [-0.2, 0) is 16.6 Å². The zero-order chi connectivity index (χ0) is 15.2. The van der Waals surface area contributed by atoms with Crippen LogP contribution in [0.5, 0.6) is 0 Å². The summed E-state index contributed by atoms with van der Waals surface area (Å²) in [6.45, 7) is -0.0937. The molecule has 0 atom stereocenters. The lowest BCUT2D eigenvalue weighted by Crippen LogP contribution is -2.38. The molecule has 0 saturated heterocycles. The maximum Gasteiger partial charge on any atom is 0.243 e. The van der Waals surface area contributed by atoms with Gasteiger partial charge in [-0.3, -0.25) is 0 Å². The third-order valence-electron chi connectivity index (χ3n) is 4.14. The third kappa shape index (κ3) is 3.23. The molecule has 0 heterocycles. The average molecular weight is 333 g/mol. The van der Waals surface area contributed by atoms with Gasteiger partial charge in [0.1, 0.15) is 10.7 Å². The molecule has 3 N–H and O–H groups in total. The summed E-state index contributed by atoms with van der Waals surface area (Å²) < 4.78 is 42.0. The minimum absolute atomic E-state index is 0.0743. The zero-order valence-corrected chi connectivity index (χ0v) is 13.1. The molecule has 2 aliphatic rings. The van der Waals surface area contributed by atoms with Crippen molar-refractivity contribution in [3.05, 3.63) is 28.5 Å². The Morgan fingerprint density at radius 2 is 1.86 bits per heavy atom. The van der Waals surface area contributed by atoms with E-state index in [0.717, 1.165) is 31.7 Å². The van der Waals surface area contributed by atoms with E-state index in [9.17, 15) is 12.8 Å². The van der Waals surface area contributed by atoms with Gasteiger partial charge < -0.3 is 5.73 Å². The number of nitrogens with one attached hydrogen (secondary N) is 1. The van der Waals surface area contributed by atoms with Crippen molar-refractivity contribution in [3.8, 4) is 0 Å². The van der Waals surface area contributed by atoms with E-state index >= 15 is 0 Å². The summed E-state index contributed by atoms with van der Waals surface area (Å²) in [5, 5.41) is 0.173. The standard InChI is InChI=1S/C14H18ClFN2O2S/c15-11-5-10(7-17)13(16)12(6-11)21(19,20)18-14(8-1-2-8)9-3-4-9/h5-6,8-9,14,18H,1-4,7,17H2. The smallest absolute Gasteiger partial charge is 0.243 e. The predicted molar refractivity (Wildman–Crippen MR) is 78.9 cm³/mol. The number of rotatable bonds is 6. The highest BCUT2D eigenvalue weighted by atomic mass is 35.5. The summed E-state index contributed by atoms with van der Waals surface area (Å²) in [4.78, 5) is -0.401. The minimum Gasteiger partial charge on any atom is -0.326 e. The van der Waals surface area contributed by atoms with Crippen LogP contribution in [0.4, 0.5) is 4.39 Å². The first-order valence-corrected chi connectivity index (χ1v) is 8.99. The Bertz CT molecular complexity index is 645. The van der Waals surface area contributed by atoms with Gasteiger partial charge in [0, 0.05) is 23.2 Å². The Hall–Kier alpha value is -0.690. The van der Waals surface area contributed by atoms with Crippen LogP contribution in [0.1, 0.15) is 31.2 Å². The molecule has 116 valence electrons. The second-order valence-corrected chi connectivity index (χ2v) is 8.02. The van der Waals surface area contributed by atoms with Gasteiger partial charge in [-0.15, -0.1) is 0 Å². The first-order valence-electron chi connectivity index (χ1n) is 7.12. The van der Waals surface area contributed by atoms with Gasteiger partial charge in [0.05, 0.1) is 0 Å². The zero-order valence-electron chi connectivity index (χ0n) is 11.5. The number of benzene rings is 1. The van der Waals surface area contributed by atoms with Gasteiger partial charge in [-0.1, -0.05) is 11.6 Å². The van der Waals surface area contributed by atoms with Crippen LogP contribution in [0.15, 0.2) is 17.0 Å². The summed E-state index contributed by atoms with van der Waals surface area (Å²) in [6, 6.07) is 2.43. The lowest BCUT2D eigenvalue weighted by molar-refractivity contribution is 0.467. The van der Waals surface area contributed by atoms with Crippen molar-refractivity contribution in [2.45, 2.75) is 43.2 Å². The minimum atomic E-state index is -3.92. The highest BCUT2D eigenvalue weighted by Gasteiger charge is 2.43. The Balaban J connectivity index is 1.92. The van der Waals surface area contributed by atoms with Crippen molar-refractivity contribution in [3.63, 3.8) is 0 Å². The molecule has 0 radical (unpaired) electrons. The van der Waals surface area contributed by atoms with Gasteiger partial charge in [0.2, 0.25) is 10.0 Å². The molecule has 0 amide bonds. The molecule has 2 fully saturated rings. The van der Waals surface area contributed by atoms with Crippen molar-refractivity contribution >= 4 is 21.6 Å². The topological polar surface area (TPSA) is 72.2 Å². The fourth-order valence-electron chi connectivity index (χ4n) is 2.69. The van der Waals surface area contributed by atoms with Gasteiger partial charge in [-0.25, -0.2) is 17.5 Å². The fraction of sp³-hybridized carbons (Fsp3) is 0.571. The summed E-state index contributed by atoms with van der Waals surface area (Å²) in [7, 11) is -3.92. The van der Waals surface area contributed by atoms with Gasteiger partial charge in [-0.05, 0) is 49.7 Å². The van der Waals surface area contributed by atoms with E-state index in [0.29, 0.717) is 11.8 Å². The molecule has 2 aliphatic carbocycles. The van der Waals surface area contributed by atoms with Crippen molar-refractivity contribution < 1.29 is 12.8 Å². The van der Waals surface area contributed by atoms with Gasteiger partial charge >= 0.3 is 0 Å². The Labute approximate surface area is 128 Å². The highest BCUT2D eigenvalue weighted by molar-refractivity contribution is 7.89. The number of hydrogen-bond acceptors (Lipinski definition) is 3. The lowest BCUT2D eigenvalue weighted by atomic mass is 10.1. The molecule has 0 aliphatic heterocycles. The van der Waals surface area contributed by atoms with Crippen LogP contribution in [0.25, 0.3) is 0 Å². The van der Waals surface area contributed by atoms with E-state index in [1.165, 1.54) is 6.07 Å². The predicted octanol–water partition coefficient (Wildman–Crippen LogP) is 2.40. The molecule has 0 unspecified atom stereocenters. The van der Waals surface area contributed by atoms with E-state index < -0.39 is 20.7 Å². The second kappa shape index (κ2) is 5.50. The maximum atomic E-state index is 14.3. The Morgan fingerprint density at radius 1 is 1.29 bits per heavy atom. The lowest BCUT2D eigenvalue weighted by Gasteiger charge is -2.18. The van der Waals surface area contributed by atoms with E-state index in [2.05, 4.69) is 4.72 Å². The first-order chi connectivity index (χ1) is 9.92. The summed E-state index contributed by atoms with van der Waals surface area (Å²) in [5.41, 5.74) is 5.54. The molecule has 0 aromatic heterocycles. The molecule has 0 spiro atoms. The third-order valence-corrected chi connectivity index (χ3v) is 5.82. The molecule has 21 heavy (non-hydrogen) atoms. The van der Waals surface area contributed by atoms with Crippen LogP contribution in [-0.4, -0.2) is 14.5 Å². The monoisotopic (exact) mass is 332 g/mol. The molecule has 3 rings (SSSR count). The molecule has 4 nitrogen and oxygen atoms in total. The van der Waals surface area contributed by atoms with Crippen molar-refractivity contribution in [2.24, 2.45) is 17.6 Å². The molecule has 7 heteroatoms.